The summed E-state index contributed by atoms with van der Waals surface area (Å²) in [6.07, 6.45) is 0. The van der Waals surface area contributed by atoms with Gasteiger partial charge in [0.1, 0.15) is 0 Å². The summed E-state index contributed by atoms with van der Waals surface area (Å²) in [7, 11) is 0. The normalized spacial score (nSPS) is 18.1. The van der Waals surface area contributed by atoms with Crippen molar-refractivity contribution in [3.63, 3.8) is 0 Å². The van der Waals surface area contributed by atoms with E-state index in [1.54, 1.807) is 0 Å². The molecule has 0 bridgehead atoms. The summed E-state index contributed by atoms with van der Waals surface area (Å²) in [6.45, 7) is 5.12. The Hall–Kier alpha value is -1.65. The van der Waals surface area contributed by atoms with Gasteiger partial charge in [0.2, 0.25) is 0 Å². The number of benzene rings is 2. The Bertz CT molecular complexity index is 755. The predicted octanol–water partition coefficient (Wildman–Crippen LogP) is 5.17. The third-order valence-corrected chi connectivity index (χ3v) is 5.12. The van der Waals surface area contributed by atoms with E-state index in [2.05, 4.69) is 82.5 Å². The summed E-state index contributed by atoms with van der Waals surface area (Å²) in [5.41, 5.74) is 5.00. The molecule has 0 amide bonds. The van der Waals surface area contributed by atoms with Gasteiger partial charge in [0.05, 0.1) is 6.04 Å². The highest BCUT2D eigenvalue weighted by Crippen LogP contribution is 2.31. The maximum Gasteiger partial charge on any atom is 0.174 e. The Balaban J connectivity index is 1.90. The fraction of sp³-hybridized carbons (Fsp3) is 0.211. The lowest BCUT2D eigenvalue weighted by molar-refractivity contribution is 0.451. The summed E-state index contributed by atoms with van der Waals surface area (Å²) in [5.74, 6) is 0. The van der Waals surface area contributed by atoms with Crippen LogP contribution in [0.15, 0.2) is 70.3 Å². The van der Waals surface area contributed by atoms with Crippen molar-refractivity contribution in [1.29, 1.82) is 0 Å². The lowest BCUT2D eigenvalue weighted by atomic mass is 9.96. The van der Waals surface area contributed by atoms with Crippen molar-refractivity contribution < 1.29 is 0 Å². The van der Waals surface area contributed by atoms with Crippen molar-refractivity contribution >= 4 is 33.3 Å². The molecule has 2 nitrogen and oxygen atoms in total. The summed E-state index contributed by atoms with van der Waals surface area (Å²) in [6, 6.07) is 18.9. The van der Waals surface area contributed by atoms with E-state index < -0.39 is 0 Å². The van der Waals surface area contributed by atoms with E-state index in [4.69, 9.17) is 12.2 Å². The topological polar surface area (TPSA) is 15.3 Å². The number of thiocarbonyl (C=S) groups is 1. The molecule has 2 aromatic rings. The highest BCUT2D eigenvalue weighted by Gasteiger charge is 2.27. The average molecular weight is 387 g/mol. The standard InChI is InChI=1S/C19H19BrN2S/c1-13-14(2)22(12-15-7-4-3-5-8-15)19(23)21-18(13)16-9-6-10-17(20)11-16/h3-11,18H,12H2,1-2H3,(H,21,23)/t18-/m1/s1. The zero-order valence-electron chi connectivity index (χ0n) is 13.2. The fourth-order valence-corrected chi connectivity index (χ4v) is 3.60. The van der Waals surface area contributed by atoms with Gasteiger partial charge >= 0.3 is 0 Å². The molecule has 2 aromatic carbocycles. The largest absolute Gasteiger partial charge is 0.352 e. The summed E-state index contributed by atoms with van der Waals surface area (Å²) < 4.78 is 1.08. The van der Waals surface area contributed by atoms with E-state index in [0.717, 1.165) is 16.1 Å². The van der Waals surface area contributed by atoms with E-state index in [1.807, 2.05) is 12.1 Å². The lowest BCUT2D eigenvalue weighted by Crippen LogP contribution is -2.45. The van der Waals surface area contributed by atoms with Gasteiger partial charge in [-0.3, -0.25) is 0 Å². The SMILES string of the molecule is CC1=C(C)N(Cc2ccccc2)C(=S)N[C@H]1c1cccc(Br)c1. The summed E-state index contributed by atoms with van der Waals surface area (Å²) in [5, 5.41) is 4.27. The average Bonchev–Trinajstić information content (AvgIpc) is 2.56. The van der Waals surface area contributed by atoms with Gasteiger partial charge in [-0.25, -0.2) is 0 Å². The Labute approximate surface area is 151 Å². The van der Waals surface area contributed by atoms with Crippen LogP contribution in [0.4, 0.5) is 0 Å². The Morgan fingerprint density at radius 1 is 1.09 bits per heavy atom. The summed E-state index contributed by atoms with van der Waals surface area (Å²) >= 11 is 9.18. The molecule has 0 saturated heterocycles. The molecule has 1 atom stereocenters. The number of hydrogen-bond acceptors (Lipinski definition) is 1. The minimum Gasteiger partial charge on any atom is -0.352 e. The molecule has 0 radical (unpaired) electrons. The molecule has 0 saturated carbocycles. The quantitative estimate of drug-likeness (QED) is 0.731. The molecular weight excluding hydrogens is 368 g/mol. The fourth-order valence-electron chi connectivity index (χ4n) is 2.86. The third-order valence-electron chi connectivity index (χ3n) is 4.29. The molecule has 23 heavy (non-hydrogen) atoms. The van der Waals surface area contributed by atoms with Gasteiger partial charge in [0.15, 0.2) is 5.11 Å². The number of halogens is 1. The minimum absolute atomic E-state index is 0.132. The van der Waals surface area contributed by atoms with Gasteiger partial charge in [0.25, 0.3) is 0 Å². The first kappa shape index (κ1) is 16.2. The smallest absolute Gasteiger partial charge is 0.174 e. The zero-order chi connectivity index (χ0) is 16.4. The third kappa shape index (κ3) is 3.48. The second-order valence-electron chi connectivity index (χ2n) is 5.78. The number of hydrogen-bond donors (Lipinski definition) is 1. The predicted molar refractivity (Wildman–Crippen MR) is 103 cm³/mol. The van der Waals surface area contributed by atoms with E-state index in [0.29, 0.717) is 0 Å². The van der Waals surface area contributed by atoms with Gasteiger partial charge in [-0.1, -0.05) is 58.4 Å². The van der Waals surface area contributed by atoms with Crippen LogP contribution < -0.4 is 5.32 Å². The maximum absolute atomic E-state index is 5.64. The van der Waals surface area contributed by atoms with E-state index >= 15 is 0 Å². The lowest BCUT2D eigenvalue weighted by Gasteiger charge is -2.37. The van der Waals surface area contributed by atoms with Crippen LogP contribution >= 0.6 is 28.1 Å². The highest BCUT2D eigenvalue weighted by molar-refractivity contribution is 9.10. The first-order chi connectivity index (χ1) is 11.1. The molecule has 1 aliphatic heterocycles. The first-order valence-electron chi connectivity index (χ1n) is 7.61. The van der Waals surface area contributed by atoms with Crippen LogP contribution in [-0.2, 0) is 6.54 Å². The number of rotatable bonds is 3. The van der Waals surface area contributed by atoms with Crippen molar-refractivity contribution in [3.05, 3.63) is 81.5 Å². The highest BCUT2D eigenvalue weighted by atomic mass is 79.9. The molecule has 1 aliphatic rings. The van der Waals surface area contributed by atoms with Gasteiger partial charge in [0, 0.05) is 16.7 Å². The van der Waals surface area contributed by atoms with Crippen LogP contribution in [0.5, 0.6) is 0 Å². The summed E-state index contributed by atoms with van der Waals surface area (Å²) in [4.78, 5) is 2.18. The molecule has 0 unspecified atom stereocenters. The van der Waals surface area contributed by atoms with E-state index in [-0.39, 0.29) is 6.04 Å². The van der Waals surface area contributed by atoms with Gasteiger partial charge in [-0.15, -0.1) is 0 Å². The Kier molecular flexibility index (Phi) is 4.83. The number of nitrogens with one attached hydrogen (secondary N) is 1. The van der Waals surface area contributed by atoms with Crippen LogP contribution in [0.2, 0.25) is 0 Å². The van der Waals surface area contributed by atoms with Crippen molar-refractivity contribution in [2.24, 2.45) is 0 Å². The van der Waals surface area contributed by atoms with E-state index in [1.165, 1.54) is 22.4 Å². The zero-order valence-corrected chi connectivity index (χ0v) is 15.6. The maximum atomic E-state index is 5.64. The molecule has 1 N–H and O–H groups in total. The number of allylic oxidation sites excluding steroid dienone is 1. The molecule has 0 fully saturated rings. The second kappa shape index (κ2) is 6.85. The second-order valence-corrected chi connectivity index (χ2v) is 7.08. The Morgan fingerprint density at radius 3 is 2.52 bits per heavy atom. The van der Waals surface area contributed by atoms with Crippen LogP contribution in [-0.4, -0.2) is 10.0 Å². The van der Waals surface area contributed by atoms with Crippen LogP contribution in [0.3, 0.4) is 0 Å². The van der Waals surface area contributed by atoms with Crippen molar-refractivity contribution in [2.45, 2.75) is 26.4 Å². The van der Waals surface area contributed by atoms with E-state index in [9.17, 15) is 0 Å². The molecule has 4 heteroatoms. The molecule has 118 valence electrons. The van der Waals surface area contributed by atoms with Gasteiger partial charge in [-0.2, -0.15) is 0 Å². The Morgan fingerprint density at radius 2 is 1.83 bits per heavy atom. The molecular formula is C19H19BrN2S. The molecule has 1 heterocycles. The molecule has 0 aliphatic carbocycles. The van der Waals surface area contributed by atoms with Crippen LogP contribution in [0, 0.1) is 0 Å². The van der Waals surface area contributed by atoms with Gasteiger partial charge < -0.3 is 10.2 Å². The van der Waals surface area contributed by atoms with Crippen molar-refractivity contribution in [1.82, 2.24) is 10.2 Å². The minimum atomic E-state index is 0.132. The van der Waals surface area contributed by atoms with Gasteiger partial charge in [-0.05, 0) is 54.9 Å². The number of nitrogens with zero attached hydrogens (tertiary/aromatic N) is 1. The van der Waals surface area contributed by atoms with Crippen LogP contribution in [0.25, 0.3) is 0 Å². The monoisotopic (exact) mass is 386 g/mol. The molecule has 3 rings (SSSR count). The van der Waals surface area contributed by atoms with Crippen molar-refractivity contribution in [3.8, 4) is 0 Å². The molecule has 0 aromatic heterocycles. The van der Waals surface area contributed by atoms with Crippen LogP contribution in [0.1, 0.15) is 31.0 Å². The molecule has 0 spiro atoms. The first-order valence-corrected chi connectivity index (χ1v) is 8.81. The van der Waals surface area contributed by atoms with Crippen molar-refractivity contribution in [2.75, 3.05) is 0 Å².